The molecular weight excluding hydrogens is 214 g/mol. The van der Waals surface area contributed by atoms with Gasteiger partial charge in [-0.3, -0.25) is 0 Å². The van der Waals surface area contributed by atoms with E-state index in [0.29, 0.717) is 6.61 Å². The standard InChI is InChI=1S/C14H29NO2/c1-3-15(10-11-17-2)12-14(13-16)8-6-4-5-7-9-14/h16H,3-13H2,1-2H3. The van der Waals surface area contributed by atoms with Gasteiger partial charge in [0.2, 0.25) is 0 Å². The monoisotopic (exact) mass is 243 g/mol. The lowest BCUT2D eigenvalue weighted by Crippen LogP contribution is -2.41. The second kappa shape index (κ2) is 8.06. The predicted octanol–water partition coefficient (Wildman–Crippen LogP) is 2.29. The maximum Gasteiger partial charge on any atom is 0.0589 e. The average Bonchev–Trinajstić information content (AvgIpc) is 2.60. The van der Waals surface area contributed by atoms with E-state index >= 15 is 0 Å². The van der Waals surface area contributed by atoms with Gasteiger partial charge in [0.15, 0.2) is 0 Å². The molecule has 0 aromatic rings. The van der Waals surface area contributed by atoms with E-state index in [-0.39, 0.29) is 5.41 Å². The molecule has 1 N–H and O–H groups in total. The zero-order valence-electron chi connectivity index (χ0n) is 11.6. The molecule has 0 unspecified atom stereocenters. The molecule has 0 aliphatic heterocycles. The highest BCUT2D eigenvalue weighted by Crippen LogP contribution is 2.35. The number of methoxy groups -OCH3 is 1. The summed E-state index contributed by atoms with van der Waals surface area (Å²) in [5, 5.41) is 9.78. The minimum Gasteiger partial charge on any atom is -0.396 e. The molecule has 102 valence electrons. The molecule has 1 rings (SSSR count). The number of ether oxygens (including phenoxy) is 1. The highest BCUT2D eigenvalue weighted by molar-refractivity contribution is 4.84. The van der Waals surface area contributed by atoms with Gasteiger partial charge >= 0.3 is 0 Å². The second-order valence-corrected chi connectivity index (χ2v) is 5.43. The zero-order chi connectivity index (χ0) is 12.6. The van der Waals surface area contributed by atoms with Gasteiger partial charge in [0, 0.05) is 32.2 Å². The molecule has 1 saturated carbocycles. The summed E-state index contributed by atoms with van der Waals surface area (Å²) < 4.78 is 5.15. The van der Waals surface area contributed by atoms with Crippen LogP contribution in [0, 0.1) is 5.41 Å². The first-order valence-electron chi connectivity index (χ1n) is 7.08. The fraction of sp³-hybridized carbons (Fsp3) is 1.00. The quantitative estimate of drug-likeness (QED) is 0.696. The first-order valence-corrected chi connectivity index (χ1v) is 7.08. The van der Waals surface area contributed by atoms with Crippen molar-refractivity contribution in [2.75, 3.05) is 40.0 Å². The Bertz CT molecular complexity index is 189. The van der Waals surface area contributed by atoms with Gasteiger partial charge in [-0.2, -0.15) is 0 Å². The van der Waals surface area contributed by atoms with Gasteiger partial charge in [0.05, 0.1) is 6.61 Å². The molecule has 17 heavy (non-hydrogen) atoms. The van der Waals surface area contributed by atoms with Crippen LogP contribution in [0.25, 0.3) is 0 Å². The molecule has 0 aromatic heterocycles. The van der Waals surface area contributed by atoms with E-state index in [4.69, 9.17) is 4.74 Å². The Labute approximate surface area is 106 Å². The molecule has 0 aromatic carbocycles. The highest BCUT2D eigenvalue weighted by Gasteiger charge is 2.31. The van der Waals surface area contributed by atoms with Crippen LogP contribution in [0.2, 0.25) is 0 Å². The van der Waals surface area contributed by atoms with Gasteiger partial charge < -0.3 is 14.7 Å². The molecule has 0 radical (unpaired) electrons. The summed E-state index contributed by atoms with van der Waals surface area (Å²) >= 11 is 0. The van der Waals surface area contributed by atoms with Crippen LogP contribution in [0.5, 0.6) is 0 Å². The van der Waals surface area contributed by atoms with E-state index in [1.54, 1.807) is 7.11 Å². The number of likely N-dealkylation sites (N-methyl/N-ethyl adjacent to an activating group) is 1. The molecule has 0 spiro atoms. The van der Waals surface area contributed by atoms with Crippen molar-refractivity contribution in [3.63, 3.8) is 0 Å². The van der Waals surface area contributed by atoms with E-state index in [0.717, 1.165) is 26.2 Å². The van der Waals surface area contributed by atoms with Gasteiger partial charge in [-0.15, -0.1) is 0 Å². The Morgan fingerprint density at radius 1 is 1.18 bits per heavy atom. The number of hydrogen-bond acceptors (Lipinski definition) is 3. The van der Waals surface area contributed by atoms with Crippen molar-refractivity contribution in [3.05, 3.63) is 0 Å². The summed E-state index contributed by atoms with van der Waals surface area (Å²) in [6.07, 6.45) is 7.61. The minimum atomic E-state index is 0.153. The van der Waals surface area contributed by atoms with E-state index in [1.165, 1.54) is 38.5 Å². The third kappa shape index (κ3) is 4.94. The Balaban J connectivity index is 2.51. The second-order valence-electron chi connectivity index (χ2n) is 5.43. The van der Waals surface area contributed by atoms with Crippen LogP contribution in [0.4, 0.5) is 0 Å². The fourth-order valence-corrected chi connectivity index (χ4v) is 2.89. The van der Waals surface area contributed by atoms with E-state index in [1.807, 2.05) is 0 Å². The van der Waals surface area contributed by atoms with Crippen molar-refractivity contribution in [1.29, 1.82) is 0 Å². The van der Waals surface area contributed by atoms with Gasteiger partial charge in [0.1, 0.15) is 0 Å². The maximum atomic E-state index is 9.78. The van der Waals surface area contributed by atoms with E-state index < -0.39 is 0 Å². The molecule has 0 heterocycles. The van der Waals surface area contributed by atoms with Crippen LogP contribution >= 0.6 is 0 Å². The first kappa shape index (κ1) is 14.9. The van der Waals surface area contributed by atoms with Gasteiger partial charge in [0.25, 0.3) is 0 Å². The van der Waals surface area contributed by atoms with E-state index in [2.05, 4.69) is 11.8 Å². The molecule has 1 aliphatic carbocycles. The maximum absolute atomic E-state index is 9.78. The van der Waals surface area contributed by atoms with Crippen LogP contribution in [-0.4, -0.2) is 50.0 Å². The number of aliphatic hydroxyl groups is 1. The highest BCUT2D eigenvalue weighted by atomic mass is 16.5. The Morgan fingerprint density at radius 3 is 2.29 bits per heavy atom. The summed E-state index contributed by atoms with van der Waals surface area (Å²) in [5.41, 5.74) is 0.153. The minimum absolute atomic E-state index is 0.153. The summed E-state index contributed by atoms with van der Waals surface area (Å²) in [5.74, 6) is 0. The summed E-state index contributed by atoms with van der Waals surface area (Å²) in [4.78, 5) is 2.42. The molecule has 0 saturated heterocycles. The number of nitrogens with zero attached hydrogens (tertiary/aromatic N) is 1. The normalized spacial score (nSPS) is 20.5. The third-order valence-corrected chi connectivity index (χ3v) is 4.12. The molecular formula is C14H29NO2. The van der Waals surface area contributed by atoms with Crippen molar-refractivity contribution >= 4 is 0 Å². The topological polar surface area (TPSA) is 32.7 Å². The number of hydrogen-bond donors (Lipinski definition) is 1. The largest absolute Gasteiger partial charge is 0.396 e. The predicted molar refractivity (Wildman–Crippen MR) is 71.2 cm³/mol. The zero-order valence-corrected chi connectivity index (χ0v) is 11.6. The molecule has 3 nitrogen and oxygen atoms in total. The molecule has 1 fully saturated rings. The van der Waals surface area contributed by atoms with Crippen LogP contribution in [0.15, 0.2) is 0 Å². The summed E-state index contributed by atoms with van der Waals surface area (Å²) in [6, 6.07) is 0. The average molecular weight is 243 g/mol. The van der Waals surface area contributed by atoms with Crippen molar-refractivity contribution in [2.45, 2.75) is 45.4 Å². The molecule has 0 amide bonds. The molecule has 0 atom stereocenters. The Hall–Kier alpha value is -0.120. The van der Waals surface area contributed by atoms with Crippen molar-refractivity contribution in [3.8, 4) is 0 Å². The fourth-order valence-electron chi connectivity index (χ4n) is 2.89. The SMILES string of the molecule is CCN(CCOC)CC1(CO)CCCCCC1. The Morgan fingerprint density at radius 2 is 1.82 bits per heavy atom. The van der Waals surface area contributed by atoms with Crippen LogP contribution < -0.4 is 0 Å². The smallest absolute Gasteiger partial charge is 0.0589 e. The van der Waals surface area contributed by atoms with Crippen LogP contribution in [0.1, 0.15) is 45.4 Å². The van der Waals surface area contributed by atoms with Gasteiger partial charge in [-0.05, 0) is 19.4 Å². The van der Waals surface area contributed by atoms with Crippen LogP contribution in [-0.2, 0) is 4.74 Å². The van der Waals surface area contributed by atoms with Crippen molar-refractivity contribution < 1.29 is 9.84 Å². The van der Waals surface area contributed by atoms with Crippen molar-refractivity contribution in [2.24, 2.45) is 5.41 Å². The lowest BCUT2D eigenvalue weighted by molar-refractivity contribution is 0.0499. The summed E-state index contributed by atoms with van der Waals surface area (Å²) in [6.45, 7) is 6.38. The van der Waals surface area contributed by atoms with Crippen LogP contribution in [0.3, 0.4) is 0 Å². The third-order valence-electron chi connectivity index (χ3n) is 4.12. The number of rotatable bonds is 7. The van der Waals surface area contributed by atoms with Gasteiger partial charge in [-0.25, -0.2) is 0 Å². The number of aliphatic hydroxyl groups excluding tert-OH is 1. The van der Waals surface area contributed by atoms with E-state index in [9.17, 15) is 5.11 Å². The summed E-state index contributed by atoms with van der Waals surface area (Å²) in [7, 11) is 1.75. The van der Waals surface area contributed by atoms with Gasteiger partial charge in [-0.1, -0.05) is 32.6 Å². The molecule has 0 bridgehead atoms. The molecule has 1 aliphatic rings. The lowest BCUT2D eigenvalue weighted by Gasteiger charge is -2.36. The van der Waals surface area contributed by atoms with Crippen molar-refractivity contribution in [1.82, 2.24) is 4.90 Å². The molecule has 3 heteroatoms. The lowest BCUT2D eigenvalue weighted by atomic mass is 9.80. The first-order chi connectivity index (χ1) is 8.26. The Kier molecular flexibility index (Phi) is 7.09.